The molecule has 0 spiro atoms. The van der Waals surface area contributed by atoms with Gasteiger partial charge in [0.05, 0.1) is 7.11 Å². The Bertz CT molecular complexity index is 442. The summed E-state index contributed by atoms with van der Waals surface area (Å²) in [5.74, 6) is 1.53. The molecule has 1 fully saturated rings. The molecule has 0 aromatic carbocycles. The maximum absolute atomic E-state index is 12.5. The van der Waals surface area contributed by atoms with Gasteiger partial charge in [-0.3, -0.25) is 4.79 Å². The van der Waals surface area contributed by atoms with Gasteiger partial charge in [0.2, 0.25) is 0 Å². The number of thiophene rings is 1. The summed E-state index contributed by atoms with van der Waals surface area (Å²) in [6, 6.07) is 1.94. The van der Waals surface area contributed by atoms with Gasteiger partial charge in [0, 0.05) is 18.0 Å². The molecule has 1 aromatic heterocycles. The molecule has 1 aromatic rings. The van der Waals surface area contributed by atoms with E-state index in [1.807, 2.05) is 24.9 Å². The molecular weight excluding hydrogens is 296 g/mol. The van der Waals surface area contributed by atoms with Crippen LogP contribution in [0.2, 0.25) is 0 Å². The first-order valence-electron chi connectivity index (χ1n) is 6.74. The van der Waals surface area contributed by atoms with Crippen LogP contribution in [0.4, 0.5) is 0 Å². The van der Waals surface area contributed by atoms with Gasteiger partial charge in [-0.05, 0) is 45.3 Å². The lowest BCUT2D eigenvalue weighted by atomic mass is 9.97. The Kier molecular flexibility index (Phi) is 6.79. The first-order valence-corrected chi connectivity index (χ1v) is 7.55. The summed E-state index contributed by atoms with van der Waals surface area (Å²) in [6.45, 7) is 4.75. The van der Waals surface area contributed by atoms with Crippen molar-refractivity contribution in [3.05, 3.63) is 15.8 Å². The number of likely N-dealkylation sites (tertiary alicyclic amines) is 1. The molecule has 0 radical (unpaired) electrons. The van der Waals surface area contributed by atoms with Crippen molar-refractivity contribution in [2.75, 3.05) is 33.8 Å². The standard InChI is InChI=1S/C14H22N2O2S.ClH/c1-10-8-12(18-3)13(19-10)14(17)16-6-4-11(5-7-16)9-15-2;/h8,11,15H,4-7,9H2,1-3H3;1H. The smallest absolute Gasteiger partial charge is 0.267 e. The lowest BCUT2D eigenvalue weighted by molar-refractivity contribution is 0.0693. The molecule has 1 aliphatic heterocycles. The van der Waals surface area contributed by atoms with Crippen molar-refractivity contribution in [1.29, 1.82) is 0 Å². The molecular formula is C14H23ClN2O2S. The molecule has 0 saturated carbocycles. The lowest BCUT2D eigenvalue weighted by Gasteiger charge is -2.31. The number of nitrogens with zero attached hydrogens (tertiary/aromatic N) is 1. The van der Waals surface area contributed by atoms with E-state index < -0.39 is 0 Å². The van der Waals surface area contributed by atoms with Crippen molar-refractivity contribution in [2.45, 2.75) is 19.8 Å². The zero-order valence-corrected chi connectivity index (χ0v) is 13.9. The first kappa shape index (κ1) is 17.3. The van der Waals surface area contributed by atoms with E-state index in [9.17, 15) is 4.79 Å². The second-order valence-corrected chi connectivity index (χ2v) is 6.30. The van der Waals surface area contributed by atoms with Gasteiger partial charge in [-0.1, -0.05) is 0 Å². The average Bonchev–Trinajstić information content (AvgIpc) is 2.80. The van der Waals surface area contributed by atoms with Crippen LogP contribution >= 0.6 is 23.7 Å². The summed E-state index contributed by atoms with van der Waals surface area (Å²) in [4.78, 5) is 16.3. The zero-order chi connectivity index (χ0) is 13.8. The van der Waals surface area contributed by atoms with E-state index in [1.165, 1.54) is 11.3 Å². The SMILES string of the molecule is CNCC1CCN(C(=O)c2sc(C)cc2OC)CC1.Cl. The molecule has 6 heteroatoms. The number of amides is 1. The largest absolute Gasteiger partial charge is 0.495 e. The third-order valence-electron chi connectivity index (χ3n) is 3.63. The van der Waals surface area contributed by atoms with Crippen LogP contribution in [0.25, 0.3) is 0 Å². The quantitative estimate of drug-likeness (QED) is 0.927. The van der Waals surface area contributed by atoms with Gasteiger partial charge in [-0.2, -0.15) is 0 Å². The number of rotatable bonds is 4. The molecule has 20 heavy (non-hydrogen) atoms. The molecule has 0 unspecified atom stereocenters. The van der Waals surface area contributed by atoms with Crippen LogP contribution in [-0.2, 0) is 0 Å². The predicted molar refractivity (Wildman–Crippen MR) is 85.4 cm³/mol. The van der Waals surface area contributed by atoms with E-state index in [0.717, 1.165) is 42.2 Å². The molecule has 4 nitrogen and oxygen atoms in total. The van der Waals surface area contributed by atoms with Gasteiger partial charge in [0.1, 0.15) is 10.6 Å². The summed E-state index contributed by atoms with van der Waals surface area (Å²) in [5, 5.41) is 3.21. The van der Waals surface area contributed by atoms with Crippen LogP contribution < -0.4 is 10.1 Å². The van der Waals surface area contributed by atoms with Crippen LogP contribution in [0.5, 0.6) is 5.75 Å². The average molecular weight is 319 g/mol. The molecule has 0 bridgehead atoms. The Morgan fingerprint density at radius 2 is 2.15 bits per heavy atom. The highest BCUT2D eigenvalue weighted by molar-refractivity contribution is 7.14. The van der Waals surface area contributed by atoms with Crippen molar-refractivity contribution in [2.24, 2.45) is 5.92 Å². The number of aryl methyl sites for hydroxylation is 1. The minimum absolute atomic E-state index is 0. The van der Waals surface area contributed by atoms with Crippen molar-refractivity contribution in [3.63, 3.8) is 0 Å². The summed E-state index contributed by atoms with van der Waals surface area (Å²) in [6.07, 6.45) is 2.17. The third-order valence-corrected chi connectivity index (χ3v) is 4.65. The van der Waals surface area contributed by atoms with E-state index in [-0.39, 0.29) is 18.3 Å². The molecule has 2 rings (SSSR count). The van der Waals surface area contributed by atoms with Gasteiger partial charge in [0.15, 0.2) is 0 Å². The van der Waals surface area contributed by atoms with Crippen molar-refractivity contribution >= 4 is 29.7 Å². The van der Waals surface area contributed by atoms with Crippen LogP contribution in [0.1, 0.15) is 27.4 Å². The van der Waals surface area contributed by atoms with Crippen LogP contribution in [0, 0.1) is 12.8 Å². The lowest BCUT2D eigenvalue weighted by Crippen LogP contribution is -2.40. The predicted octanol–water partition coefficient (Wildman–Crippen LogP) is 2.56. The highest BCUT2D eigenvalue weighted by atomic mass is 35.5. The fraction of sp³-hybridized carbons (Fsp3) is 0.643. The van der Waals surface area contributed by atoms with Gasteiger partial charge in [-0.15, -0.1) is 23.7 Å². The summed E-state index contributed by atoms with van der Waals surface area (Å²) < 4.78 is 5.29. The monoisotopic (exact) mass is 318 g/mol. The molecule has 2 heterocycles. The molecule has 0 atom stereocenters. The third kappa shape index (κ3) is 3.87. The number of nitrogens with one attached hydrogen (secondary N) is 1. The Labute approximate surface area is 130 Å². The van der Waals surface area contributed by atoms with Gasteiger partial charge in [0.25, 0.3) is 5.91 Å². The number of hydrogen-bond donors (Lipinski definition) is 1. The number of carbonyl (C=O) groups excluding carboxylic acids is 1. The van der Waals surface area contributed by atoms with Gasteiger partial charge >= 0.3 is 0 Å². The fourth-order valence-electron chi connectivity index (χ4n) is 2.56. The Morgan fingerprint density at radius 1 is 1.50 bits per heavy atom. The molecule has 1 saturated heterocycles. The van der Waals surface area contributed by atoms with Crippen molar-refractivity contribution in [1.82, 2.24) is 10.2 Å². The van der Waals surface area contributed by atoms with E-state index >= 15 is 0 Å². The minimum Gasteiger partial charge on any atom is -0.495 e. The van der Waals surface area contributed by atoms with Gasteiger partial charge in [-0.25, -0.2) is 0 Å². The van der Waals surface area contributed by atoms with E-state index in [2.05, 4.69) is 5.32 Å². The van der Waals surface area contributed by atoms with Crippen molar-refractivity contribution in [3.8, 4) is 5.75 Å². The molecule has 1 amide bonds. The van der Waals surface area contributed by atoms with Crippen LogP contribution in [0.3, 0.4) is 0 Å². The number of piperidine rings is 1. The minimum atomic E-state index is 0. The van der Waals surface area contributed by atoms with Gasteiger partial charge < -0.3 is 15.0 Å². The highest BCUT2D eigenvalue weighted by Gasteiger charge is 2.26. The molecule has 114 valence electrons. The molecule has 1 N–H and O–H groups in total. The summed E-state index contributed by atoms with van der Waals surface area (Å²) in [5.41, 5.74) is 0. The topological polar surface area (TPSA) is 41.6 Å². The molecule has 1 aliphatic rings. The Balaban J connectivity index is 0.00000200. The summed E-state index contributed by atoms with van der Waals surface area (Å²) >= 11 is 1.52. The van der Waals surface area contributed by atoms with E-state index in [4.69, 9.17) is 4.74 Å². The number of hydrogen-bond acceptors (Lipinski definition) is 4. The number of methoxy groups -OCH3 is 1. The van der Waals surface area contributed by atoms with Crippen molar-refractivity contribution < 1.29 is 9.53 Å². The highest BCUT2D eigenvalue weighted by Crippen LogP contribution is 2.31. The van der Waals surface area contributed by atoms with Crippen LogP contribution in [0.15, 0.2) is 6.07 Å². The maximum atomic E-state index is 12.5. The number of carbonyl (C=O) groups is 1. The second-order valence-electron chi connectivity index (χ2n) is 5.05. The Hall–Kier alpha value is -0.780. The van der Waals surface area contributed by atoms with Crippen LogP contribution in [-0.4, -0.2) is 44.6 Å². The van der Waals surface area contributed by atoms with E-state index in [0.29, 0.717) is 11.7 Å². The molecule has 0 aliphatic carbocycles. The number of ether oxygens (including phenoxy) is 1. The summed E-state index contributed by atoms with van der Waals surface area (Å²) in [7, 11) is 3.61. The second kappa shape index (κ2) is 7.86. The Morgan fingerprint density at radius 3 is 2.70 bits per heavy atom. The number of halogens is 1. The maximum Gasteiger partial charge on any atom is 0.267 e. The van der Waals surface area contributed by atoms with E-state index in [1.54, 1.807) is 7.11 Å². The fourth-order valence-corrected chi connectivity index (χ4v) is 3.51. The zero-order valence-electron chi connectivity index (χ0n) is 12.3. The normalized spacial score (nSPS) is 15.8. The first-order chi connectivity index (χ1) is 9.15.